The summed E-state index contributed by atoms with van der Waals surface area (Å²) in [7, 11) is 2.98. The number of nitrogens with two attached hydrogens (primary N) is 1. The van der Waals surface area contributed by atoms with Crippen molar-refractivity contribution in [2.24, 2.45) is 0 Å². The van der Waals surface area contributed by atoms with E-state index in [4.69, 9.17) is 15.2 Å². The van der Waals surface area contributed by atoms with Gasteiger partial charge in [-0.3, -0.25) is 10.1 Å². The van der Waals surface area contributed by atoms with Crippen molar-refractivity contribution in [2.45, 2.75) is 0 Å². The summed E-state index contributed by atoms with van der Waals surface area (Å²) in [6.45, 7) is 0. The normalized spacial score (nSPS) is 10.0. The maximum Gasteiger partial charge on any atom is 0.259 e. The van der Waals surface area contributed by atoms with Crippen molar-refractivity contribution in [2.75, 3.05) is 25.3 Å². The van der Waals surface area contributed by atoms with Gasteiger partial charge in [0.25, 0.3) is 5.91 Å². The zero-order chi connectivity index (χ0) is 13.8. The van der Waals surface area contributed by atoms with Gasteiger partial charge in [-0.05, 0) is 6.07 Å². The Hall–Kier alpha value is -2.35. The number of nitrogens with one attached hydrogen (secondary N) is 1. The lowest BCUT2D eigenvalue weighted by Crippen LogP contribution is -2.14. The van der Waals surface area contributed by atoms with Crippen LogP contribution in [0.5, 0.6) is 11.5 Å². The highest BCUT2D eigenvalue weighted by Gasteiger charge is 2.16. The summed E-state index contributed by atoms with van der Waals surface area (Å²) in [4.78, 5) is 12.1. The first-order chi connectivity index (χ1) is 9.15. The van der Waals surface area contributed by atoms with Gasteiger partial charge in [0, 0.05) is 11.8 Å². The molecule has 3 N–H and O–H groups in total. The topological polar surface area (TPSA) is 99.4 Å². The fourth-order valence-electron chi connectivity index (χ4n) is 1.48. The average molecular weight is 280 g/mol. The lowest BCUT2D eigenvalue weighted by atomic mass is 10.1. The molecule has 1 heterocycles. The minimum atomic E-state index is -0.379. The van der Waals surface area contributed by atoms with Crippen LogP contribution >= 0.6 is 11.3 Å². The van der Waals surface area contributed by atoms with E-state index in [-0.39, 0.29) is 11.5 Å². The maximum atomic E-state index is 12.1. The highest BCUT2D eigenvalue weighted by molar-refractivity contribution is 7.13. The van der Waals surface area contributed by atoms with Gasteiger partial charge in [0.1, 0.15) is 5.51 Å². The molecular formula is C11H12N4O3S. The second-order valence-corrected chi connectivity index (χ2v) is 4.33. The zero-order valence-corrected chi connectivity index (χ0v) is 11.2. The van der Waals surface area contributed by atoms with E-state index >= 15 is 0 Å². The first-order valence-electron chi connectivity index (χ1n) is 5.24. The molecule has 1 amide bonds. The second kappa shape index (κ2) is 5.53. The largest absolute Gasteiger partial charge is 0.493 e. The van der Waals surface area contributed by atoms with Crippen molar-refractivity contribution in [3.05, 3.63) is 23.2 Å². The number of rotatable bonds is 4. The fraction of sp³-hybridized carbons (Fsp3) is 0.182. The SMILES string of the molecule is COc1cc(N)c(C(=O)Nc2nncs2)cc1OC. The number of carbonyl (C=O) groups is 1. The third kappa shape index (κ3) is 2.74. The molecule has 2 aromatic rings. The van der Waals surface area contributed by atoms with Crippen LogP contribution in [-0.2, 0) is 0 Å². The third-order valence-corrected chi connectivity index (χ3v) is 2.99. The van der Waals surface area contributed by atoms with Crippen molar-refractivity contribution in [3.8, 4) is 11.5 Å². The summed E-state index contributed by atoms with van der Waals surface area (Å²) >= 11 is 1.22. The standard InChI is InChI=1S/C11H12N4O3S/c1-17-8-3-6(7(12)4-9(8)18-2)10(16)14-11-15-13-5-19-11/h3-5H,12H2,1-2H3,(H,14,15,16). The van der Waals surface area contributed by atoms with Gasteiger partial charge in [-0.2, -0.15) is 0 Å². The first kappa shape index (κ1) is 13.1. The molecule has 0 aliphatic heterocycles. The highest BCUT2D eigenvalue weighted by Crippen LogP contribution is 2.32. The molecular weight excluding hydrogens is 268 g/mol. The Balaban J connectivity index is 2.31. The molecule has 1 aromatic carbocycles. The zero-order valence-electron chi connectivity index (χ0n) is 10.3. The van der Waals surface area contributed by atoms with Crippen molar-refractivity contribution < 1.29 is 14.3 Å². The van der Waals surface area contributed by atoms with E-state index in [1.807, 2.05) is 0 Å². The van der Waals surface area contributed by atoms with Crippen molar-refractivity contribution >= 4 is 28.1 Å². The quantitative estimate of drug-likeness (QED) is 0.821. The van der Waals surface area contributed by atoms with Crippen LogP contribution in [0.4, 0.5) is 10.8 Å². The fourth-order valence-corrected chi connectivity index (χ4v) is 1.92. The number of benzene rings is 1. The van der Waals surface area contributed by atoms with Gasteiger partial charge in [-0.15, -0.1) is 10.2 Å². The summed E-state index contributed by atoms with van der Waals surface area (Å²) < 4.78 is 10.2. The number of carbonyl (C=O) groups excluding carboxylic acids is 1. The Morgan fingerprint density at radius 1 is 1.32 bits per heavy atom. The molecule has 0 bridgehead atoms. The Bertz CT molecular complexity index is 586. The molecule has 100 valence electrons. The minimum Gasteiger partial charge on any atom is -0.493 e. The van der Waals surface area contributed by atoms with Gasteiger partial charge >= 0.3 is 0 Å². The van der Waals surface area contributed by atoms with E-state index in [0.29, 0.717) is 22.3 Å². The molecule has 0 unspecified atom stereocenters. The van der Waals surface area contributed by atoms with Gasteiger partial charge in [0.2, 0.25) is 5.13 Å². The minimum absolute atomic E-state index is 0.285. The summed E-state index contributed by atoms with van der Waals surface area (Å²) in [6, 6.07) is 3.05. The number of hydrogen-bond donors (Lipinski definition) is 2. The summed E-state index contributed by atoms with van der Waals surface area (Å²) in [5.74, 6) is 0.516. The molecule has 8 heteroatoms. The number of hydrogen-bond acceptors (Lipinski definition) is 7. The molecule has 0 fully saturated rings. The molecule has 2 rings (SSSR count). The Morgan fingerprint density at radius 2 is 2.00 bits per heavy atom. The molecule has 7 nitrogen and oxygen atoms in total. The van der Waals surface area contributed by atoms with E-state index in [2.05, 4.69) is 15.5 Å². The van der Waals surface area contributed by atoms with Crippen LogP contribution in [0.3, 0.4) is 0 Å². The summed E-state index contributed by atoms with van der Waals surface area (Å²) in [5.41, 5.74) is 7.92. The summed E-state index contributed by atoms with van der Waals surface area (Å²) in [5, 5.41) is 10.4. The second-order valence-electron chi connectivity index (χ2n) is 3.49. The Labute approximate surface area is 113 Å². The van der Waals surface area contributed by atoms with Crippen LogP contribution in [-0.4, -0.2) is 30.3 Å². The molecule has 0 aliphatic rings. The lowest BCUT2D eigenvalue weighted by Gasteiger charge is -2.11. The van der Waals surface area contributed by atoms with Crippen LogP contribution in [0, 0.1) is 0 Å². The first-order valence-corrected chi connectivity index (χ1v) is 6.12. The van der Waals surface area contributed by atoms with Crippen molar-refractivity contribution in [1.29, 1.82) is 0 Å². The molecule has 0 aliphatic carbocycles. The van der Waals surface area contributed by atoms with Crippen LogP contribution < -0.4 is 20.5 Å². The van der Waals surface area contributed by atoms with Crippen LogP contribution in [0.15, 0.2) is 17.6 Å². The van der Waals surface area contributed by atoms with E-state index in [0.717, 1.165) is 0 Å². The van der Waals surface area contributed by atoms with E-state index in [1.54, 1.807) is 0 Å². The van der Waals surface area contributed by atoms with Crippen LogP contribution in [0.25, 0.3) is 0 Å². The number of ether oxygens (including phenoxy) is 2. The predicted molar refractivity (Wildman–Crippen MR) is 71.8 cm³/mol. The van der Waals surface area contributed by atoms with Crippen LogP contribution in [0.1, 0.15) is 10.4 Å². The number of anilines is 2. The molecule has 0 saturated heterocycles. The lowest BCUT2D eigenvalue weighted by molar-refractivity contribution is 0.102. The Kier molecular flexibility index (Phi) is 3.81. The number of nitrogens with zero attached hydrogens (tertiary/aromatic N) is 2. The van der Waals surface area contributed by atoms with Gasteiger partial charge in [-0.1, -0.05) is 11.3 Å². The Morgan fingerprint density at radius 3 is 2.58 bits per heavy atom. The molecule has 1 aromatic heterocycles. The molecule has 0 saturated carbocycles. The van der Waals surface area contributed by atoms with E-state index in [1.165, 1.54) is 43.2 Å². The van der Waals surface area contributed by atoms with Gasteiger partial charge in [0.15, 0.2) is 11.5 Å². The van der Waals surface area contributed by atoms with Crippen molar-refractivity contribution in [1.82, 2.24) is 10.2 Å². The molecule has 19 heavy (non-hydrogen) atoms. The average Bonchev–Trinajstić information content (AvgIpc) is 2.90. The van der Waals surface area contributed by atoms with Crippen LogP contribution in [0.2, 0.25) is 0 Å². The predicted octanol–water partition coefficient (Wildman–Crippen LogP) is 1.39. The van der Waals surface area contributed by atoms with Crippen molar-refractivity contribution in [3.63, 3.8) is 0 Å². The highest BCUT2D eigenvalue weighted by atomic mass is 32.1. The van der Waals surface area contributed by atoms with E-state index < -0.39 is 0 Å². The third-order valence-electron chi connectivity index (χ3n) is 2.38. The number of nitrogen functional groups attached to an aromatic ring is 1. The summed E-state index contributed by atoms with van der Waals surface area (Å²) in [6.07, 6.45) is 0. The molecule has 0 atom stereocenters. The maximum absolute atomic E-state index is 12.1. The van der Waals surface area contributed by atoms with Gasteiger partial charge in [0.05, 0.1) is 19.8 Å². The van der Waals surface area contributed by atoms with E-state index in [9.17, 15) is 4.79 Å². The number of amides is 1. The monoisotopic (exact) mass is 280 g/mol. The molecule has 0 spiro atoms. The number of aromatic nitrogens is 2. The molecule has 0 radical (unpaired) electrons. The number of methoxy groups -OCH3 is 2. The van der Waals surface area contributed by atoms with Gasteiger partial charge in [-0.25, -0.2) is 0 Å². The van der Waals surface area contributed by atoms with Gasteiger partial charge < -0.3 is 15.2 Å². The smallest absolute Gasteiger partial charge is 0.259 e.